The summed E-state index contributed by atoms with van der Waals surface area (Å²) in [5.41, 5.74) is 3.71. The van der Waals surface area contributed by atoms with Crippen LogP contribution in [-0.2, 0) is 17.6 Å². The molecule has 0 saturated heterocycles. The molecule has 0 bridgehead atoms. The monoisotopic (exact) mass is 324 g/mol. The van der Waals surface area contributed by atoms with E-state index in [1.165, 1.54) is 16.8 Å². The van der Waals surface area contributed by atoms with Gasteiger partial charge in [0.2, 0.25) is 5.91 Å². The zero-order chi connectivity index (χ0) is 16.9. The van der Waals surface area contributed by atoms with Gasteiger partial charge in [-0.25, -0.2) is 0 Å². The Kier molecular flexibility index (Phi) is 5.04. The van der Waals surface area contributed by atoms with Gasteiger partial charge in [-0.3, -0.25) is 4.79 Å². The van der Waals surface area contributed by atoms with Crippen molar-refractivity contribution < 1.29 is 9.53 Å². The second-order valence-electron chi connectivity index (χ2n) is 6.26. The second-order valence-corrected chi connectivity index (χ2v) is 6.26. The highest BCUT2D eigenvalue weighted by Gasteiger charge is 2.26. The molecule has 1 aliphatic heterocycles. The first-order chi connectivity index (χ1) is 11.7. The van der Waals surface area contributed by atoms with Gasteiger partial charge < -0.3 is 15.0 Å². The SMILES string of the molecule is COc1ccc(CCNC(=O)CN2c3ccccc3C[C@H]2C)cc1. The highest BCUT2D eigenvalue weighted by atomic mass is 16.5. The number of para-hydroxylation sites is 1. The molecule has 3 rings (SSSR count). The van der Waals surface area contributed by atoms with Crippen molar-refractivity contribution in [1.82, 2.24) is 5.32 Å². The predicted octanol–water partition coefficient (Wildman–Crippen LogP) is 2.81. The molecule has 0 fully saturated rings. The van der Waals surface area contributed by atoms with Gasteiger partial charge >= 0.3 is 0 Å². The van der Waals surface area contributed by atoms with E-state index in [1.54, 1.807) is 7.11 Å². The molecule has 126 valence electrons. The molecule has 4 nitrogen and oxygen atoms in total. The summed E-state index contributed by atoms with van der Waals surface area (Å²) < 4.78 is 5.15. The van der Waals surface area contributed by atoms with Crippen molar-refractivity contribution in [3.05, 3.63) is 59.7 Å². The van der Waals surface area contributed by atoms with Crippen molar-refractivity contribution in [2.24, 2.45) is 0 Å². The molecule has 1 heterocycles. The topological polar surface area (TPSA) is 41.6 Å². The number of fused-ring (bicyclic) bond motifs is 1. The number of nitrogens with one attached hydrogen (secondary N) is 1. The van der Waals surface area contributed by atoms with Crippen LogP contribution in [0.3, 0.4) is 0 Å². The van der Waals surface area contributed by atoms with Crippen LogP contribution in [-0.4, -0.2) is 32.1 Å². The van der Waals surface area contributed by atoms with Crippen molar-refractivity contribution in [2.75, 3.05) is 25.1 Å². The highest BCUT2D eigenvalue weighted by Crippen LogP contribution is 2.31. The van der Waals surface area contributed by atoms with E-state index in [0.717, 1.165) is 18.6 Å². The van der Waals surface area contributed by atoms with E-state index in [4.69, 9.17) is 4.74 Å². The molecule has 0 saturated carbocycles. The fraction of sp³-hybridized carbons (Fsp3) is 0.350. The number of ether oxygens (including phenoxy) is 1. The Morgan fingerprint density at radius 2 is 1.96 bits per heavy atom. The van der Waals surface area contributed by atoms with Crippen LogP contribution in [0.2, 0.25) is 0 Å². The summed E-state index contributed by atoms with van der Waals surface area (Å²) in [6.45, 7) is 3.24. The maximum absolute atomic E-state index is 12.3. The molecule has 1 amide bonds. The van der Waals surface area contributed by atoms with E-state index in [-0.39, 0.29) is 5.91 Å². The maximum Gasteiger partial charge on any atom is 0.239 e. The third-order valence-corrected chi connectivity index (χ3v) is 4.56. The molecule has 4 heteroatoms. The summed E-state index contributed by atoms with van der Waals surface area (Å²) in [4.78, 5) is 14.5. The third kappa shape index (κ3) is 3.70. The molecule has 0 aliphatic carbocycles. The number of carbonyl (C=O) groups excluding carboxylic acids is 1. The van der Waals surface area contributed by atoms with Crippen LogP contribution in [0, 0.1) is 0 Å². The number of hydrogen-bond acceptors (Lipinski definition) is 3. The fourth-order valence-electron chi connectivity index (χ4n) is 3.22. The largest absolute Gasteiger partial charge is 0.497 e. The Balaban J connectivity index is 1.49. The first-order valence-electron chi connectivity index (χ1n) is 8.41. The van der Waals surface area contributed by atoms with Crippen LogP contribution in [0.15, 0.2) is 48.5 Å². The van der Waals surface area contributed by atoms with E-state index >= 15 is 0 Å². The van der Waals surface area contributed by atoms with Gasteiger partial charge in [0.05, 0.1) is 13.7 Å². The number of rotatable bonds is 6. The Morgan fingerprint density at radius 3 is 2.71 bits per heavy atom. The van der Waals surface area contributed by atoms with Gasteiger partial charge in [0.15, 0.2) is 0 Å². The smallest absolute Gasteiger partial charge is 0.239 e. The number of methoxy groups -OCH3 is 1. The number of benzene rings is 2. The Hall–Kier alpha value is -2.49. The quantitative estimate of drug-likeness (QED) is 0.888. The summed E-state index contributed by atoms with van der Waals surface area (Å²) in [6.07, 6.45) is 1.83. The summed E-state index contributed by atoms with van der Waals surface area (Å²) >= 11 is 0. The lowest BCUT2D eigenvalue weighted by molar-refractivity contribution is -0.119. The van der Waals surface area contributed by atoms with Gasteiger partial charge in [-0.15, -0.1) is 0 Å². The van der Waals surface area contributed by atoms with Crippen LogP contribution in [0.1, 0.15) is 18.1 Å². The van der Waals surface area contributed by atoms with Crippen molar-refractivity contribution in [3.63, 3.8) is 0 Å². The number of anilines is 1. The van der Waals surface area contributed by atoms with E-state index in [9.17, 15) is 4.79 Å². The summed E-state index contributed by atoms with van der Waals surface area (Å²) in [5.74, 6) is 0.927. The Bertz CT molecular complexity index is 697. The lowest BCUT2D eigenvalue weighted by atomic mass is 10.1. The summed E-state index contributed by atoms with van der Waals surface area (Å²) in [7, 11) is 1.66. The molecule has 0 aromatic heterocycles. The van der Waals surface area contributed by atoms with E-state index < -0.39 is 0 Å². The molecule has 2 aromatic rings. The fourth-order valence-corrected chi connectivity index (χ4v) is 3.22. The minimum Gasteiger partial charge on any atom is -0.497 e. The van der Waals surface area contributed by atoms with Gasteiger partial charge in [-0.2, -0.15) is 0 Å². The lowest BCUT2D eigenvalue weighted by Gasteiger charge is -2.24. The maximum atomic E-state index is 12.3. The number of carbonyl (C=O) groups is 1. The van der Waals surface area contributed by atoms with Gasteiger partial charge in [0.25, 0.3) is 0 Å². The molecule has 1 N–H and O–H groups in total. The van der Waals surface area contributed by atoms with Crippen molar-refractivity contribution in [2.45, 2.75) is 25.8 Å². The molecular weight excluding hydrogens is 300 g/mol. The summed E-state index contributed by atoms with van der Waals surface area (Å²) in [6, 6.07) is 16.7. The molecule has 0 unspecified atom stereocenters. The minimum atomic E-state index is 0.0760. The van der Waals surface area contributed by atoms with Crippen LogP contribution in [0.4, 0.5) is 5.69 Å². The predicted molar refractivity (Wildman–Crippen MR) is 96.7 cm³/mol. The van der Waals surface area contributed by atoms with E-state index in [1.807, 2.05) is 30.3 Å². The van der Waals surface area contributed by atoms with Crippen LogP contribution in [0.25, 0.3) is 0 Å². The lowest BCUT2D eigenvalue weighted by Crippen LogP contribution is -2.40. The highest BCUT2D eigenvalue weighted by molar-refractivity contribution is 5.82. The van der Waals surface area contributed by atoms with Gasteiger partial charge in [0, 0.05) is 18.3 Å². The van der Waals surface area contributed by atoms with Gasteiger partial charge in [0.1, 0.15) is 5.75 Å². The molecular formula is C20H24N2O2. The van der Waals surface area contributed by atoms with Crippen LogP contribution < -0.4 is 15.0 Å². The first kappa shape index (κ1) is 16.4. The Morgan fingerprint density at radius 1 is 1.21 bits per heavy atom. The molecule has 2 aromatic carbocycles. The van der Waals surface area contributed by atoms with E-state index in [0.29, 0.717) is 19.1 Å². The van der Waals surface area contributed by atoms with Crippen LogP contribution in [0.5, 0.6) is 5.75 Å². The van der Waals surface area contributed by atoms with Gasteiger partial charge in [-0.05, 0) is 49.1 Å². The van der Waals surface area contributed by atoms with E-state index in [2.05, 4.69) is 35.3 Å². The number of amides is 1. The summed E-state index contributed by atoms with van der Waals surface area (Å²) in [5, 5.41) is 3.03. The minimum absolute atomic E-state index is 0.0760. The molecule has 1 atom stereocenters. The third-order valence-electron chi connectivity index (χ3n) is 4.56. The second kappa shape index (κ2) is 7.39. The number of nitrogens with zero attached hydrogens (tertiary/aromatic N) is 1. The molecule has 0 spiro atoms. The van der Waals surface area contributed by atoms with Crippen molar-refractivity contribution >= 4 is 11.6 Å². The zero-order valence-electron chi connectivity index (χ0n) is 14.3. The van der Waals surface area contributed by atoms with Gasteiger partial charge in [-0.1, -0.05) is 30.3 Å². The standard InChI is InChI=1S/C20H24N2O2/c1-15-13-17-5-3-4-6-19(17)22(15)14-20(23)21-12-11-16-7-9-18(24-2)10-8-16/h3-10,15H,11-14H2,1-2H3,(H,21,23)/t15-/m1/s1. The van der Waals surface area contributed by atoms with Crippen molar-refractivity contribution in [1.29, 1.82) is 0 Å². The van der Waals surface area contributed by atoms with Crippen LogP contribution >= 0.6 is 0 Å². The normalized spacial score (nSPS) is 15.9. The first-order valence-corrected chi connectivity index (χ1v) is 8.41. The average molecular weight is 324 g/mol. The molecule has 24 heavy (non-hydrogen) atoms. The Labute approximate surface area is 143 Å². The molecule has 0 radical (unpaired) electrons. The number of hydrogen-bond donors (Lipinski definition) is 1. The molecule has 1 aliphatic rings. The average Bonchev–Trinajstić information content (AvgIpc) is 2.91. The zero-order valence-corrected chi connectivity index (χ0v) is 14.3. The van der Waals surface area contributed by atoms with Crippen molar-refractivity contribution in [3.8, 4) is 5.75 Å².